The van der Waals surface area contributed by atoms with Crippen molar-refractivity contribution in [2.45, 2.75) is 52.0 Å². The van der Waals surface area contributed by atoms with Gasteiger partial charge in [-0.15, -0.1) is 0 Å². The van der Waals surface area contributed by atoms with Crippen LogP contribution in [-0.2, 0) is 4.74 Å². The molecule has 1 aromatic rings. The molecule has 20 heavy (non-hydrogen) atoms. The molecule has 3 unspecified atom stereocenters. The lowest BCUT2D eigenvalue weighted by Crippen LogP contribution is -2.33. The number of hydrogen-bond donors (Lipinski definition) is 1. The Labute approximate surface area is 115 Å². The molecule has 0 saturated carbocycles. The van der Waals surface area contributed by atoms with Gasteiger partial charge < -0.3 is 14.4 Å². The summed E-state index contributed by atoms with van der Waals surface area (Å²) in [5.41, 5.74) is -0.345. The van der Waals surface area contributed by atoms with Crippen LogP contribution in [0.25, 0.3) is 0 Å². The molecule has 0 fully saturated rings. The highest BCUT2D eigenvalue weighted by atomic mass is 19.4. The van der Waals surface area contributed by atoms with Crippen LogP contribution in [0.1, 0.15) is 51.4 Å². The summed E-state index contributed by atoms with van der Waals surface area (Å²) in [4.78, 5) is 3.92. The van der Waals surface area contributed by atoms with Crippen LogP contribution in [0.3, 0.4) is 0 Å². The van der Waals surface area contributed by atoms with Crippen molar-refractivity contribution in [1.82, 2.24) is 10.1 Å². The predicted molar refractivity (Wildman–Crippen MR) is 64.0 cm³/mol. The highest BCUT2D eigenvalue weighted by Crippen LogP contribution is 2.35. The first-order valence-electron chi connectivity index (χ1n) is 6.09. The summed E-state index contributed by atoms with van der Waals surface area (Å²) >= 11 is 0. The van der Waals surface area contributed by atoms with Crippen LogP contribution in [0.15, 0.2) is 4.52 Å². The molecule has 0 spiro atoms. The average Bonchev–Trinajstić information content (AvgIpc) is 2.74. The second-order valence-electron chi connectivity index (χ2n) is 5.75. The summed E-state index contributed by atoms with van der Waals surface area (Å²) < 4.78 is 47.4. The van der Waals surface area contributed by atoms with E-state index in [1.807, 2.05) is 20.8 Å². The third kappa shape index (κ3) is 3.69. The molecule has 0 saturated heterocycles. The number of alkyl halides is 3. The fourth-order valence-electron chi connectivity index (χ4n) is 1.80. The average molecular weight is 296 g/mol. The minimum Gasteiger partial charge on any atom is -0.383 e. The van der Waals surface area contributed by atoms with Crippen molar-refractivity contribution in [3.63, 3.8) is 0 Å². The van der Waals surface area contributed by atoms with Crippen molar-refractivity contribution >= 4 is 0 Å². The Bertz CT molecular complexity index is 440. The molecular formula is C12H19F3N2O3. The van der Waals surface area contributed by atoms with Gasteiger partial charge in [-0.1, -0.05) is 32.9 Å². The standard InChI is InChI=1S/C12H19F3N2O3/c1-6(7(18)12(13,14)15)10-16-9(17-20-10)8(19-5)11(2,3)4/h6-8,18H,1-5H3. The van der Waals surface area contributed by atoms with Crippen molar-refractivity contribution in [1.29, 1.82) is 0 Å². The molecule has 0 aliphatic carbocycles. The molecule has 5 nitrogen and oxygen atoms in total. The van der Waals surface area contributed by atoms with Gasteiger partial charge in [0.1, 0.15) is 6.10 Å². The fourth-order valence-corrected chi connectivity index (χ4v) is 1.80. The molecule has 1 rings (SSSR count). The maximum absolute atomic E-state index is 12.4. The van der Waals surface area contributed by atoms with Gasteiger partial charge in [0.15, 0.2) is 6.10 Å². The van der Waals surface area contributed by atoms with Gasteiger partial charge >= 0.3 is 6.18 Å². The Morgan fingerprint density at radius 1 is 1.25 bits per heavy atom. The number of methoxy groups -OCH3 is 1. The number of aromatic nitrogens is 2. The van der Waals surface area contributed by atoms with E-state index in [4.69, 9.17) is 9.26 Å². The number of aliphatic hydroxyl groups is 1. The topological polar surface area (TPSA) is 68.4 Å². The van der Waals surface area contributed by atoms with E-state index in [0.717, 1.165) is 0 Å². The summed E-state index contributed by atoms with van der Waals surface area (Å²) in [6.45, 7) is 6.82. The van der Waals surface area contributed by atoms with E-state index >= 15 is 0 Å². The van der Waals surface area contributed by atoms with Crippen molar-refractivity contribution in [3.05, 3.63) is 11.7 Å². The molecule has 1 heterocycles. The zero-order valence-electron chi connectivity index (χ0n) is 12.0. The number of nitrogens with zero attached hydrogens (tertiary/aromatic N) is 2. The Balaban J connectivity index is 2.97. The van der Waals surface area contributed by atoms with Crippen LogP contribution in [0.4, 0.5) is 13.2 Å². The summed E-state index contributed by atoms with van der Waals surface area (Å²) in [5.74, 6) is -1.44. The second kappa shape index (κ2) is 5.69. The van der Waals surface area contributed by atoms with Gasteiger partial charge in [-0.2, -0.15) is 18.2 Å². The number of halogens is 3. The first-order chi connectivity index (χ1) is 8.98. The molecule has 0 aliphatic rings. The maximum atomic E-state index is 12.4. The predicted octanol–water partition coefficient (Wildman–Crippen LogP) is 2.83. The normalized spacial score (nSPS) is 17.9. The SMILES string of the molecule is COC(c1noc(C(C)C(O)C(F)(F)F)n1)C(C)(C)C. The number of rotatable bonds is 4. The Morgan fingerprint density at radius 3 is 2.20 bits per heavy atom. The molecule has 0 aliphatic heterocycles. The highest BCUT2D eigenvalue weighted by Gasteiger charge is 2.44. The minimum absolute atomic E-state index is 0.163. The third-order valence-corrected chi connectivity index (χ3v) is 2.91. The molecule has 0 aromatic carbocycles. The van der Waals surface area contributed by atoms with Crippen molar-refractivity contribution in [2.24, 2.45) is 5.41 Å². The molecule has 0 radical (unpaired) electrons. The smallest absolute Gasteiger partial charge is 0.383 e. The van der Waals surface area contributed by atoms with Crippen LogP contribution >= 0.6 is 0 Å². The Morgan fingerprint density at radius 2 is 1.80 bits per heavy atom. The Kier molecular flexibility index (Phi) is 4.81. The van der Waals surface area contributed by atoms with Crippen LogP contribution in [0.5, 0.6) is 0 Å². The molecule has 0 amide bonds. The molecular weight excluding hydrogens is 277 g/mol. The van der Waals surface area contributed by atoms with E-state index in [9.17, 15) is 18.3 Å². The van der Waals surface area contributed by atoms with E-state index in [1.54, 1.807) is 0 Å². The Hall–Kier alpha value is -1.15. The second-order valence-corrected chi connectivity index (χ2v) is 5.75. The van der Waals surface area contributed by atoms with E-state index in [2.05, 4.69) is 10.1 Å². The van der Waals surface area contributed by atoms with Gasteiger partial charge in [0.25, 0.3) is 0 Å². The van der Waals surface area contributed by atoms with Gasteiger partial charge in [0, 0.05) is 7.11 Å². The van der Waals surface area contributed by atoms with E-state index in [1.165, 1.54) is 14.0 Å². The summed E-state index contributed by atoms with van der Waals surface area (Å²) in [6, 6.07) is 0. The molecule has 116 valence electrons. The molecule has 1 N–H and O–H groups in total. The van der Waals surface area contributed by atoms with Crippen LogP contribution in [0, 0.1) is 5.41 Å². The third-order valence-electron chi connectivity index (χ3n) is 2.91. The zero-order chi connectivity index (χ0) is 15.7. The van der Waals surface area contributed by atoms with Crippen LogP contribution in [0.2, 0.25) is 0 Å². The lowest BCUT2D eigenvalue weighted by molar-refractivity contribution is -0.210. The van der Waals surface area contributed by atoms with Gasteiger partial charge in [0.2, 0.25) is 11.7 Å². The van der Waals surface area contributed by atoms with E-state index in [-0.39, 0.29) is 17.1 Å². The lowest BCUT2D eigenvalue weighted by Gasteiger charge is -2.26. The number of aliphatic hydroxyl groups excluding tert-OH is 1. The molecule has 1 aromatic heterocycles. The maximum Gasteiger partial charge on any atom is 0.415 e. The molecule has 3 atom stereocenters. The first kappa shape index (κ1) is 16.9. The van der Waals surface area contributed by atoms with Crippen molar-refractivity contribution in [3.8, 4) is 0 Å². The molecule has 0 bridgehead atoms. The monoisotopic (exact) mass is 296 g/mol. The quantitative estimate of drug-likeness (QED) is 0.925. The lowest BCUT2D eigenvalue weighted by atomic mass is 9.88. The zero-order valence-corrected chi connectivity index (χ0v) is 12.0. The highest BCUT2D eigenvalue weighted by molar-refractivity contribution is 5.01. The number of ether oxygens (including phenoxy) is 1. The first-order valence-corrected chi connectivity index (χ1v) is 6.09. The number of hydrogen-bond acceptors (Lipinski definition) is 5. The fraction of sp³-hybridized carbons (Fsp3) is 0.833. The van der Waals surface area contributed by atoms with Crippen molar-refractivity contribution in [2.75, 3.05) is 7.11 Å². The molecule has 8 heteroatoms. The van der Waals surface area contributed by atoms with Gasteiger partial charge in [-0.3, -0.25) is 0 Å². The summed E-state index contributed by atoms with van der Waals surface area (Å²) in [6.07, 6.45) is -7.81. The van der Waals surface area contributed by atoms with Gasteiger partial charge in [-0.25, -0.2) is 0 Å². The van der Waals surface area contributed by atoms with E-state index < -0.39 is 24.3 Å². The van der Waals surface area contributed by atoms with Crippen LogP contribution in [-0.4, -0.2) is 34.6 Å². The van der Waals surface area contributed by atoms with Crippen LogP contribution < -0.4 is 0 Å². The minimum atomic E-state index is -4.74. The van der Waals surface area contributed by atoms with Gasteiger partial charge in [0.05, 0.1) is 5.92 Å². The van der Waals surface area contributed by atoms with E-state index in [0.29, 0.717) is 0 Å². The summed E-state index contributed by atoms with van der Waals surface area (Å²) in [5, 5.41) is 12.8. The van der Waals surface area contributed by atoms with Crippen molar-refractivity contribution < 1.29 is 27.5 Å². The van der Waals surface area contributed by atoms with Gasteiger partial charge in [-0.05, 0) is 5.41 Å². The largest absolute Gasteiger partial charge is 0.415 e. The summed E-state index contributed by atoms with van der Waals surface area (Å²) in [7, 11) is 1.46.